The number of hydrogen-bond donors (Lipinski definition) is 2. The van der Waals surface area contributed by atoms with Gasteiger partial charge in [-0.25, -0.2) is 0 Å². The van der Waals surface area contributed by atoms with E-state index in [9.17, 15) is 5.11 Å². The standard InChI is InChI=1S/C14H21NO4/c15-12-1-3-14(4-2-12)19-10-13(16)9-18-8-11-5-6-17-7-11/h1-4,11,13,16H,5-10,15H2. The van der Waals surface area contributed by atoms with Crippen molar-refractivity contribution in [1.82, 2.24) is 0 Å². The van der Waals surface area contributed by atoms with Crippen LogP contribution in [0, 0.1) is 5.92 Å². The summed E-state index contributed by atoms with van der Waals surface area (Å²) < 4.78 is 16.1. The molecule has 2 unspecified atom stereocenters. The Labute approximate surface area is 113 Å². The van der Waals surface area contributed by atoms with Crippen LogP contribution in [0.1, 0.15) is 6.42 Å². The molecule has 0 radical (unpaired) electrons. The molecule has 5 heteroatoms. The minimum Gasteiger partial charge on any atom is -0.491 e. The molecule has 1 fully saturated rings. The van der Waals surface area contributed by atoms with Gasteiger partial charge in [-0.2, -0.15) is 0 Å². The molecule has 1 aliphatic rings. The highest BCUT2D eigenvalue weighted by Gasteiger charge is 2.16. The van der Waals surface area contributed by atoms with Gasteiger partial charge in [-0.15, -0.1) is 0 Å². The Hall–Kier alpha value is -1.30. The fourth-order valence-electron chi connectivity index (χ4n) is 1.89. The molecule has 5 nitrogen and oxygen atoms in total. The largest absolute Gasteiger partial charge is 0.491 e. The van der Waals surface area contributed by atoms with Crippen LogP contribution in [-0.2, 0) is 9.47 Å². The van der Waals surface area contributed by atoms with E-state index < -0.39 is 6.10 Å². The molecule has 106 valence electrons. The van der Waals surface area contributed by atoms with E-state index in [1.807, 2.05) is 0 Å². The molecule has 0 amide bonds. The average molecular weight is 267 g/mol. The number of aliphatic hydroxyl groups is 1. The molecule has 0 aromatic heterocycles. The highest BCUT2D eigenvalue weighted by atomic mass is 16.5. The van der Waals surface area contributed by atoms with Gasteiger partial charge in [-0.05, 0) is 30.7 Å². The second kappa shape index (κ2) is 7.33. The van der Waals surface area contributed by atoms with E-state index in [2.05, 4.69) is 0 Å². The zero-order valence-corrected chi connectivity index (χ0v) is 11.0. The van der Waals surface area contributed by atoms with Gasteiger partial charge < -0.3 is 25.1 Å². The fraction of sp³-hybridized carbons (Fsp3) is 0.571. The lowest BCUT2D eigenvalue weighted by Gasteiger charge is -2.14. The number of aliphatic hydroxyl groups excluding tert-OH is 1. The van der Waals surface area contributed by atoms with Crippen molar-refractivity contribution in [3.8, 4) is 5.75 Å². The Kier molecular flexibility index (Phi) is 5.44. The van der Waals surface area contributed by atoms with Crippen molar-refractivity contribution in [2.75, 3.05) is 38.8 Å². The summed E-state index contributed by atoms with van der Waals surface area (Å²) in [6.07, 6.45) is 0.415. The molecule has 0 aliphatic carbocycles. The summed E-state index contributed by atoms with van der Waals surface area (Å²) in [7, 11) is 0. The first-order valence-corrected chi connectivity index (χ1v) is 6.56. The van der Waals surface area contributed by atoms with E-state index in [1.165, 1.54) is 0 Å². The van der Waals surface area contributed by atoms with Crippen LogP contribution in [0.3, 0.4) is 0 Å². The van der Waals surface area contributed by atoms with Crippen molar-refractivity contribution >= 4 is 5.69 Å². The smallest absolute Gasteiger partial charge is 0.119 e. The number of nitrogen functional groups attached to an aromatic ring is 1. The third kappa shape index (κ3) is 5.06. The van der Waals surface area contributed by atoms with Gasteiger partial charge in [0.05, 0.1) is 19.8 Å². The first-order chi connectivity index (χ1) is 9.24. The molecular formula is C14H21NO4. The molecule has 0 bridgehead atoms. The maximum Gasteiger partial charge on any atom is 0.119 e. The third-order valence-electron chi connectivity index (χ3n) is 3.01. The number of benzene rings is 1. The van der Waals surface area contributed by atoms with Crippen LogP contribution in [0.15, 0.2) is 24.3 Å². The molecule has 3 N–H and O–H groups in total. The van der Waals surface area contributed by atoms with Gasteiger partial charge in [0, 0.05) is 18.2 Å². The summed E-state index contributed by atoms with van der Waals surface area (Å²) in [4.78, 5) is 0. The van der Waals surface area contributed by atoms with Gasteiger partial charge in [-0.1, -0.05) is 0 Å². The number of anilines is 1. The number of hydrogen-bond acceptors (Lipinski definition) is 5. The van der Waals surface area contributed by atoms with E-state index in [0.29, 0.717) is 24.0 Å². The summed E-state index contributed by atoms with van der Waals surface area (Å²) in [5.41, 5.74) is 6.26. The Morgan fingerprint density at radius 3 is 2.79 bits per heavy atom. The summed E-state index contributed by atoms with van der Waals surface area (Å²) in [5, 5.41) is 9.73. The Morgan fingerprint density at radius 1 is 1.32 bits per heavy atom. The molecule has 1 aromatic rings. The average Bonchev–Trinajstić information content (AvgIpc) is 2.91. The monoisotopic (exact) mass is 267 g/mol. The molecule has 1 saturated heterocycles. The van der Waals surface area contributed by atoms with Crippen LogP contribution in [0.2, 0.25) is 0 Å². The van der Waals surface area contributed by atoms with E-state index in [1.54, 1.807) is 24.3 Å². The van der Waals surface area contributed by atoms with Gasteiger partial charge in [0.1, 0.15) is 18.5 Å². The predicted molar refractivity (Wildman–Crippen MR) is 72.1 cm³/mol. The molecule has 19 heavy (non-hydrogen) atoms. The van der Waals surface area contributed by atoms with Crippen LogP contribution in [-0.4, -0.2) is 44.2 Å². The molecular weight excluding hydrogens is 246 g/mol. The minimum atomic E-state index is -0.625. The van der Waals surface area contributed by atoms with Crippen molar-refractivity contribution in [2.45, 2.75) is 12.5 Å². The second-order valence-corrected chi connectivity index (χ2v) is 4.80. The van der Waals surface area contributed by atoms with Crippen molar-refractivity contribution in [3.63, 3.8) is 0 Å². The van der Waals surface area contributed by atoms with Crippen molar-refractivity contribution in [2.24, 2.45) is 5.92 Å². The maximum absolute atomic E-state index is 9.73. The van der Waals surface area contributed by atoms with Crippen molar-refractivity contribution < 1.29 is 19.3 Å². The highest BCUT2D eigenvalue weighted by molar-refractivity contribution is 5.41. The molecule has 2 atom stereocenters. The molecule has 0 saturated carbocycles. The van der Waals surface area contributed by atoms with E-state index in [0.717, 1.165) is 19.6 Å². The molecule has 2 rings (SSSR count). The summed E-state index contributed by atoms with van der Waals surface area (Å²) in [5.74, 6) is 1.16. The van der Waals surface area contributed by atoms with Crippen LogP contribution in [0.4, 0.5) is 5.69 Å². The van der Waals surface area contributed by atoms with Gasteiger partial charge in [-0.3, -0.25) is 0 Å². The van der Waals surface area contributed by atoms with E-state index in [4.69, 9.17) is 19.9 Å². The predicted octanol–water partition coefficient (Wildman–Crippen LogP) is 1.06. The number of nitrogens with two attached hydrogens (primary N) is 1. The van der Waals surface area contributed by atoms with Crippen LogP contribution in [0.5, 0.6) is 5.75 Å². The van der Waals surface area contributed by atoms with Crippen molar-refractivity contribution in [1.29, 1.82) is 0 Å². The summed E-state index contributed by atoms with van der Waals surface area (Å²) >= 11 is 0. The van der Waals surface area contributed by atoms with Gasteiger partial charge in [0.25, 0.3) is 0 Å². The highest BCUT2D eigenvalue weighted by Crippen LogP contribution is 2.14. The van der Waals surface area contributed by atoms with E-state index >= 15 is 0 Å². The first-order valence-electron chi connectivity index (χ1n) is 6.56. The molecule has 0 spiro atoms. The lowest BCUT2D eigenvalue weighted by atomic mass is 10.1. The van der Waals surface area contributed by atoms with Crippen LogP contribution >= 0.6 is 0 Å². The fourth-order valence-corrected chi connectivity index (χ4v) is 1.89. The normalized spacial score (nSPS) is 20.4. The molecule has 1 heterocycles. The summed E-state index contributed by atoms with van der Waals surface area (Å²) in [6.45, 7) is 2.71. The van der Waals surface area contributed by atoms with Crippen LogP contribution < -0.4 is 10.5 Å². The minimum absolute atomic E-state index is 0.213. The topological polar surface area (TPSA) is 73.9 Å². The lowest BCUT2D eigenvalue weighted by molar-refractivity contribution is -0.000547. The Bertz CT molecular complexity index is 362. The zero-order valence-electron chi connectivity index (χ0n) is 11.0. The maximum atomic E-state index is 9.73. The Morgan fingerprint density at radius 2 is 2.11 bits per heavy atom. The first kappa shape index (κ1) is 14.1. The second-order valence-electron chi connectivity index (χ2n) is 4.80. The zero-order chi connectivity index (χ0) is 13.5. The van der Waals surface area contributed by atoms with Crippen molar-refractivity contribution in [3.05, 3.63) is 24.3 Å². The van der Waals surface area contributed by atoms with Gasteiger partial charge in [0.2, 0.25) is 0 Å². The molecule has 1 aliphatic heterocycles. The quantitative estimate of drug-likeness (QED) is 0.723. The lowest BCUT2D eigenvalue weighted by Crippen LogP contribution is -2.25. The van der Waals surface area contributed by atoms with Crippen LogP contribution in [0.25, 0.3) is 0 Å². The number of rotatable bonds is 7. The Balaban J connectivity index is 1.58. The SMILES string of the molecule is Nc1ccc(OCC(O)COCC2CCOC2)cc1. The van der Waals surface area contributed by atoms with Gasteiger partial charge in [0.15, 0.2) is 0 Å². The number of ether oxygens (including phenoxy) is 3. The third-order valence-corrected chi connectivity index (χ3v) is 3.01. The summed E-state index contributed by atoms with van der Waals surface area (Å²) in [6, 6.07) is 7.08. The van der Waals surface area contributed by atoms with Gasteiger partial charge >= 0.3 is 0 Å². The molecule has 1 aromatic carbocycles. The van der Waals surface area contributed by atoms with E-state index in [-0.39, 0.29) is 13.2 Å².